The summed E-state index contributed by atoms with van der Waals surface area (Å²) in [5.74, 6) is 1.01. The van der Waals surface area contributed by atoms with Crippen molar-refractivity contribution >= 4 is 49.6 Å². The minimum Gasteiger partial charge on any atom is -0.494 e. The largest absolute Gasteiger partial charge is 0.494 e. The molecule has 0 saturated carbocycles. The molecule has 228 valence electrons. The van der Waals surface area contributed by atoms with Gasteiger partial charge in [0.15, 0.2) is 0 Å². The van der Waals surface area contributed by atoms with Crippen LogP contribution in [0.3, 0.4) is 0 Å². The molecule has 2 rings (SSSR count). The van der Waals surface area contributed by atoms with Crippen LogP contribution in [0, 0.1) is 0 Å². The first-order valence-electron chi connectivity index (χ1n) is 13.5. The Morgan fingerprint density at radius 1 is 0.590 bits per heavy atom. The van der Waals surface area contributed by atoms with Crippen molar-refractivity contribution in [3.63, 3.8) is 0 Å². The van der Waals surface area contributed by atoms with Gasteiger partial charge in [0.25, 0.3) is 0 Å². The molecule has 0 amide bonds. The molecule has 0 aliphatic rings. The van der Waals surface area contributed by atoms with Crippen LogP contribution in [0.2, 0.25) is 0 Å². The molecule has 2 aromatic rings. The molecule has 5 nitrogen and oxygen atoms in total. The van der Waals surface area contributed by atoms with Crippen LogP contribution in [0.1, 0.15) is 55.2 Å². The predicted molar refractivity (Wildman–Crippen MR) is 179 cm³/mol. The van der Waals surface area contributed by atoms with Crippen LogP contribution in [0.4, 0.5) is 0 Å². The van der Waals surface area contributed by atoms with Crippen molar-refractivity contribution in [2.45, 2.75) is 58.0 Å². The van der Waals surface area contributed by atoms with E-state index in [0.717, 1.165) is 70.9 Å². The number of ether oxygens (including phenoxy) is 1. The van der Waals surface area contributed by atoms with Gasteiger partial charge >= 0.3 is 0 Å². The smallest absolute Gasteiger partial charge is 0.119 e. The van der Waals surface area contributed by atoms with E-state index in [1.165, 1.54) is 42.4 Å². The van der Waals surface area contributed by atoms with Gasteiger partial charge in [-0.05, 0) is 115 Å². The van der Waals surface area contributed by atoms with Crippen LogP contribution < -0.4 is 15.4 Å². The van der Waals surface area contributed by atoms with Gasteiger partial charge in [0.1, 0.15) is 5.75 Å². The molecule has 0 radical (unpaired) electrons. The maximum atomic E-state index is 6.20. The number of nitrogens with one attached hydrogen (secondary N) is 2. The highest BCUT2D eigenvalue weighted by atomic mass is 35.5. The van der Waals surface area contributed by atoms with Gasteiger partial charge in [0.2, 0.25) is 0 Å². The highest BCUT2D eigenvalue weighted by Gasteiger charge is 2.04. The Kier molecular flexibility index (Phi) is 30.0. The van der Waals surface area contributed by atoms with Gasteiger partial charge in [0.05, 0.1) is 6.61 Å². The van der Waals surface area contributed by atoms with E-state index in [9.17, 15) is 0 Å². The SMILES string of the molecule is CN(C)CCCNCc1cc(CNCCCN(C)C)cc(OCCCCCCc2ccccc2)c1.Cl.Cl.Cl.Cl. The first kappa shape index (κ1) is 42.7. The van der Waals surface area contributed by atoms with Crippen molar-refractivity contribution in [2.75, 3.05) is 61.0 Å². The summed E-state index contributed by atoms with van der Waals surface area (Å²) in [4.78, 5) is 4.47. The van der Waals surface area contributed by atoms with Gasteiger partial charge < -0.3 is 25.2 Å². The number of hydrogen-bond donors (Lipinski definition) is 2. The zero-order valence-corrected chi connectivity index (χ0v) is 27.7. The van der Waals surface area contributed by atoms with Gasteiger partial charge in [-0.1, -0.05) is 49.2 Å². The molecule has 0 aliphatic carbocycles. The molecule has 39 heavy (non-hydrogen) atoms. The lowest BCUT2D eigenvalue weighted by Crippen LogP contribution is -2.22. The maximum Gasteiger partial charge on any atom is 0.119 e. The number of unbranched alkanes of at least 4 members (excludes halogenated alkanes) is 3. The van der Waals surface area contributed by atoms with E-state index in [2.05, 4.69) is 97.2 Å². The van der Waals surface area contributed by atoms with E-state index < -0.39 is 0 Å². The summed E-state index contributed by atoms with van der Waals surface area (Å²) in [5.41, 5.74) is 4.05. The van der Waals surface area contributed by atoms with Crippen molar-refractivity contribution in [1.29, 1.82) is 0 Å². The quantitative estimate of drug-likeness (QED) is 0.161. The molecular formula is C30H54Cl4N4O. The topological polar surface area (TPSA) is 39.8 Å². The van der Waals surface area contributed by atoms with Crippen LogP contribution in [0.15, 0.2) is 48.5 Å². The Morgan fingerprint density at radius 3 is 1.62 bits per heavy atom. The third-order valence-corrected chi connectivity index (χ3v) is 6.07. The number of hydrogen-bond acceptors (Lipinski definition) is 5. The number of halogens is 4. The molecule has 2 N–H and O–H groups in total. The minimum atomic E-state index is 0. The zero-order chi connectivity index (χ0) is 25.1. The molecular weight excluding hydrogens is 574 g/mol. The fraction of sp³-hybridized carbons (Fsp3) is 0.600. The molecule has 0 atom stereocenters. The summed E-state index contributed by atoms with van der Waals surface area (Å²) < 4.78 is 6.20. The van der Waals surface area contributed by atoms with Gasteiger partial charge in [-0.2, -0.15) is 0 Å². The first-order chi connectivity index (χ1) is 17.0. The molecule has 9 heteroatoms. The lowest BCUT2D eigenvalue weighted by atomic mass is 10.1. The summed E-state index contributed by atoms with van der Waals surface area (Å²) in [5, 5.41) is 7.19. The lowest BCUT2D eigenvalue weighted by Gasteiger charge is -2.14. The molecule has 0 aromatic heterocycles. The normalized spacial score (nSPS) is 10.3. The van der Waals surface area contributed by atoms with Crippen molar-refractivity contribution in [2.24, 2.45) is 0 Å². The molecule has 0 unspecified atom stereocenters. The molecule has 2 aromatic carbocycles. The van der Waals surface area contributed by atoms with E-state index in [0.29, 0.717) is 0 Å². The number of aryl methyl sites for hydroxylation is 1. The highest BCUT2D eigenvalue weighted by Crippen LogP contribution is 2.19. The average molecular weight is 629 g/mol. The molecule has 0 fully saturated rings. The van der Waals surface area contributed by atoms with Crippen molar-refractivity contribution in [3.05, 3.63) is 65.2 Å². The van der Waals surface area contributed by atoms with Gasteiger partial charge in [-0.25, -0.2) is 0 Å². The predicted octanol–water partition coefficient (Wildman–Crippen LogP) is 6.64. The Labute approximate surface area is 263 Å². The summed E-state index contributed by atoms with van der Waals surface area (Å²) >= 11 is 0. The lowest BCUT2D eigenvalue weighted by molar-refractivity contribution is 0.304. The minimum absolute atomic E-state index is 0. The van der Waals surface area contributed by atoms with Gasteiger partial charge in [-0.3, -0.25) is 0 Å². The monoisotopic (exact) mass is 626 g/mol. The Bertz CT molecular complexity index is 762. The fourth-order valence-corrected chi connectivity index (χ4v) is 4.14. The van der Waals surface area contributed by atoms with Crippen LogP contribution in [-0.2, 0) is 19.5 Å². The second-order valence-corrected chi connectivity index (χ2v) is 10.2. The van der Waals surface area contributed by atoms with Crippen LogP contribution in [0.25, 0.3) is 0 Å². The zero-order valence-electron chi connectivity index (χ0n) is 24.5. The molecule has 0 spiro atoms. The van der Waals surface area contributed by atoms with Crippen molar-refractivity contribution < 1.29 is 4.74 Å². The Hall–Kier alpha value is -0.760. The highest BCUT2D eigenvalue weighted by molar-refractivity contribution is 5.86. The maximum absolute atomic E-state index is 6.20. The standard InChI is InChI=1S/C30H50N4O.4ClH/c1-33(2)19-12-17-31-25-28-22-29(26-32-18-13-20-34(3)4)24-30(23-28)35-21-11-6-5-8-14-27-15-9-7-10-16-27;;;;/h7,9-10,15-16,22-24,31-32H,5-6,8,11-14,17-21,25-26H2,1-4H3;4*1H. The fourth-order valence-electron chi connectivity index (χ4n) is 4.14. The molecule has 0 bridgehead atoms. The third kappa shape index (κ3) is 22.6. The molecule has 0 saturated heterocycles. The van der Waals surface area contributed by atoms with E-state index in [4.69, 9.17) is 4.74 Å². The van der Waals surface area contributed by atoms with E-state index >= 15 is 0 Å². The summed E-state index contributed by atoms with van der Waals surface area (Å²) in [6.45, 7) is 6.86. The van der Waals surface area contributed by atoms with Crippen LogP contribution in [0.5, 0.6) is 5.75 Å². The Morgan fingerprint density at radius 2 is 1.10 bits per heavy atom. The molecule has 0 heterocycles. The third-order valence-electron chi connectivity index (χ3n) is 6.07. The molecule has 0 aliphatic heterocycles. The van der Waals surface area contributed by atoms with E-state index in [-0.39, 0.29) is 49.6 Å². The van der Waals surface area contributed by atoms with E-state index in [1.807, 2.05) is 0 Å². The summed E-state index contributed by atoms with van der Waals surface area (Å²) in [7, 11) is 8.51. The number of rotatable bonds is 20. The van der Waals surface area contributed by atoms with Gasteiger partial charge in [-0.15, -0.1) is 49.6 Å². The second-order valence-electron chi connectivity index (χ2n) is 10.2. The number of benzene rings is 2. The van der Waals surface area contributed by atoms with Crippen LogP contribution in [-0.4, -0.2) is 70.8 Å². The van der Waals surface area contributed by atoms with Gasteiger partial charge in [0, 0.05) is 13.1 Å². The van der Waals surface area contributed by atoms with Crippen molar-refractivity contribution in [3.8, 4) is 5.75 Å². The average Bonchev–Trinajstić information content (AvgIpc) is 2.83. The summed E-state index contributed by atoms with van der Waals surface area (Å²) in [6.07, 6.45) is 8.35. The Balaban J connectivity index is -0.00000324. The second kappa shape index (κ2) is 27.4. The number of nitrogens with zero attached hydrogens (tertiary/aromatic N) is 2. The van der Waals surface area contributed by atoms with Crippen LogP contribution >= 0.6 is 49.6 Å². The first-order valence-corrected chi connectivity index (χ1v) is 13.5. The van der Waals surface area contributed by atoms with Crippen molar-refractivity contribution in [1.82, 2.24) is 20.4 Å². The van der Waals surface area contributed by atoms with E-state index in [1.54, 1.807) is 0 Å². The summed E-state index contributed by atoms with van der Waals surface area (Å²) in [6, 6.07) is 17.5.